The summed E-state index contributed by atoms with van der Waals surface area (Å²) < 4.78 is 0. The first-order valence-electron chi connectivity index (χ1n) is 9.90. The van der Waals surface area contributed by atoms with Crippen LogP contribution in [0.3, 0.4) is 0 Å². The van der Waals surface area contributed by atoms with Crippen molar-refractivity contribution in [3.8, 4) is 0 Å². The Morgan fingerprint density at radius 1 is 1.11 bits per heavy atom. The molecule has 1 aromatic carbocycles. The highest BCUT2D eigenvalue weighted by atomic mass is 15.7. The fraction of sp³-hybridized carbons (Fsp3) is 0.500. The summed E-state index contributed by atoms with van der Waals surface area (Å²) in [6.45, 7) is 5.94. The predicted octanol–water partition coefficient (Wildman–Crippen LogP) is 0.986. The quantitative estimate of drug-likeness (QED) is 0.837. The zero-order valence-electron chi connectivity index (χ0n) is 15.9. The largest absolute Gasteiger partial charge is 0.339 e. The van der Waals surface area contributed by atoms with Crippen LogP contribution in [0.4, 0.5) is 0 Å². The van der Waals surface area contributed by atoms with Crippen molar-refractivity contribution in [3.05, 3.63) is 47.2 Å². The molecule has 4 aliphatic rings. The number of nitrogens with zero attached hydrogens (tertiary/aromatic N) is 5. The normalized spacial score (nSPS) is 25.1. The smallest absolute Gasteiger partial charge is 0.248 e. The summed E-state index contributed by atoms with van der Waals surface area (Å²) >= 11 is 0. The Morgan fingerprint density at radius 2 is 1.93 bits per heavy atom. The van der Waals surface area contributed by atoms with E-state index in [1.165, 1.54) is 16.8 Å². The van der Waals surface area contributed by atoms with Gasteiger partial charge in [0, 0.05) is 32.7 Å². The third-order valence-corrected chi connectivity index (χ3v) is 5.88. The van der Waals surface area contributed by atoms with E-state index < -0.39 is 0 Å². The molecule has 27 heavy (non-hydrogen) atoms. The predicted molar refractivity (Wildman–Crippen MR) is 107 cm³/mol. The number of hydrazine groups is 1. The molecule has 7 heteroatoms. The van der Waals surface area contributed by atoms with Gasteiger partial charge < -0.3 is 15.1 Å². The van der Waals surface area contributed by atoms with Gasteiger partial charge in [-0.05, 0) is 31.0 Å². The Bertz CT molecular complexity index is 790. The molecule has 1 aromatic rings. The van der Waals surface area contributed by atoms with Crippen LogP contribution in [-0.4, -0.2) is 72.5 Å². The van der Waals surface area contributed by atoms with Crippen LogP contribution in [0.5, 0.6) is 0 Å². The van der Waals surface area contributed by atoms with Gasteiger partial charge in [0.2, 0.25) is 11.9 Å². The number of guanidine groups is 2. The summed E-state index contributed by atoms with van der Waals surface area (Å²) in [6.07, 6.45) is 2.23. The van der Waals surface area contributed by atoms with E-state index in [-0.39, 0.29) is 0 Å². The van der Waals surface area contributed by atoms with Gasteiger partial charge in [-0.1, -0.05) is 30.3 Å². The Labute approximate surface area is 160 Å². The van der Waals surface area contributed by atoms with E-state index in [0.29, 0.717) is 6.04 Å². The van der Waals surface area contributed by atoms with E-state index in [9.17, 15) is 0 Å². The van der Waals surface area contributed by atoms with Gasteiger partial charge in [-0.2, -0.15) is 4.99 Å². The highest BCUT2D eigenvalue weighted by molar-refractivity contribution is 6.01. The van der Waals surface area contributed by atoms with Gasteiger partial charge in [0.15, 0.2) is 0 Å². The summed E-state index contributed by atoms with van der Waals surface area (Å²) in [5, 5.41) is 5.79. The van der Waals surface area contributed by atoms with Crippen LogP contribution in [-0.2, 0) is 6.54 Å². The summed E-state index contributed by atoms with van der Waals surface area (Å²) in [5.41, 5.74) is 7.43. The monoisotopic (exact) mass is 365 g/mol. The van der Waals surface area contributed by atoms with Crippen molar-refractivity contribution >= 4 is 11.9 Å². The number of rotatable bonds is 3. The van der Waals surface area contributed by atoms with Crippen LogP contribution in [0.1, 0.15) is 18.4 Å². The lowest BCUT2D eigenvalue weighted by atomic mass is 10.2. The molecule has 1 atom stereocenters. The van der Waals surface area contributed by atoms with Gasteiger partial charge in [0.05, 0.1) is 18.3 Å². The van der Waals surface area contributed by atoms with Crippen molar-refractivity contribution in [2.45, 2.75) is 25.4 Å². The fourth-order valence-corrected chi connectivity index (χ4v) is 4.19. The van der Waals surface area contributed by atoms with Gasteiger partial charge in [-0.3, -0.25) is 5.43 Å². The number of likely N-dealkylation sites (N-methyl/N-ethyl adjacent to an activating group) is 1. The maximum Gasteiger partial charge on any atom is 0.248 e. The van der Waals surface area contributed by atoms with Crippen LogP contribution in [0, 0.1) is 0 Å². The van der Waals surface area contributed by atoms with Crippen molar-refractivity contribution in [2.24, 2.45) is 9.98 Å². The van der Waals surface area contributed by atoms with Crippen LogP contribution in [0.25, 0.3) is 0 Å². The Balaban J connectivity index is 1.28. The molecular weight excluding hydrogens is 338 g/mol. The number of hydrogen-bond acceptors (Lipinski definition) is 7. The van der Waals surface area contributed by atoms with E-state index >= 15 is 0 Å². The molecule has 0 spiro atoms. The first-order chi connectivity index (χ1) is 13.3. The minimum Gasteiger partial charge on any atom is -0.339 e. The first-order valence-corrected chi connectivity index (χ1v) is 9.90. The van der Waals surface area contributed by atoms with E-state index in [4.69, 9.17) is 9.98 Å². The molecule has 1 aliphatic carbocycles. The molecule has 7 nitrogen and oxygen atoms in total. The minimum atomic E-state index is 0.331. The van der Waals surface area contributed by atoms with Crippen molar-refractivity contribution in [1.82, 2.24) is 25.6 Å². The molecule has 0 amide bonds. The van der Waals surface area contributed by atoms with Gasteiger partial charge in [0.25, 0.3) is 0 Å². The lowest BCUT2D eigenvalue weighted by molar-refractivity contribution is 0.207. The molecule has 3 aliphatic heterocycles. The van der Waals surface area contributed by atoms with Gasteiger partial charge in [-0.15, -0.1) is 0 Å². The van der Waals surface area contributed by atoms with Crippen LogP contribution in [0.15, 0.2) is 51.6 Å². The molecule has 5 rings (SSSR count). The molecule has 0 saturated carbocycles. The Kier molecular flexibility index (Phi) is 4.33. The SMILES string of the molecule is CN1CCN(C2=NC3=NC4=C(CCC4NCc4ccccc4)CN3N2)CC1. The van der Waals surface area contributed by atoms with E-state index in [1.54, 1.807) is 0 Å². The van der Waals surface area contributed by atoms with Gasteiger partial charge in [-0.25, -0.2) is 10.0 Å². The maximum absolute atomic E-state index is 4.93. The van der Waals surface area contributed by atoms with Gasteiger partial charge >= 0.3 is 0 Å². The molecule has 3 heterocycles. The second kappa shape index (κ2) is 6.98. The summed E-state index contributed by atoms with van der Waals surface area (Å²) in [7, 11) is 2.17. The van der Waals surface area contributed by atoms with E-state index in [2.05, 4.69) is 62.9 Å². The molecule has 2 N–H and O–H groups in total. The maximum atomic E-state index is 4.93. The number of piperazine rings is 1. The van der Waals surface area contributed by atoms with Gasteiger partial charge in [0.1, 0.15) is 0 Å². The lowest BCUT2D eigenvalue weighted by Crippen LogP contribution is -2.53. The molecular formula is C20H27N7. The number of benzene rings is 1. The average Bonchev–Trinajstić information content (AvgIpc) is 3.29. The summed E-state index contributed by atoms with van der Waals surface area (Å²) in [5.74, 6) is 1.77. The topological polar surface area (TPSA) is 58.5 Å². The number of fused-ring (bicyclic) bond motifs is 1. The number of hydrogen-bond donors (Lipinski definition) is 2. The zero-order valence-corrected chi connectivity index (χ0v) is 15.9. The van der Waals surface area contributed by atoms with Crippen molar-refractivity contribution in [1.29, 1.82) is 0 Å². The highest BCUT2D eigenvalue weighted by Crippen LogP contribution is 2.32. The van der Waals surface area contributed by atoms with E-state index in [1.807, 2.05) is 0 Å². The van der Waals surface area contributed by atoms with E-state index in [0.717, 1.165) is 64.0 Å². The third-order valence-electron chi connectivity index (χ3n) is 5.88. The lowest BCUT2D eigenvalue weighted by Gasteiger charge is -2.34. The average molecular weight is 365 g/mol. The van der Waals surface area contributed by atoms with Crippen molar-refractivity contribution in [2.75, 3.05) is 39.8 Å². The third kappa shape index (κ3) is 3.33. The molecule has 0 bridgehead atoms. The standard InChI is InChI=1S/C20H27N7/c1-25-9-11-26(12-10-25)20-23-19-22-18-16(14-27(19)24-20)7-8-17(18)21-13-15-5-3-2-4-6-15/h2-6,17,21H,7-14H2,1H3,(H,22,23,24). The molecule has 142 valence electrons. The van der Waals surface area contributed by atoms with Crippen molar-refractivity contribution < 1.29 is 0 Å². The highest BCUT2D eigenvalue weighted by Gasteiger charge is 2.35. The van der Waals surface area contributed by atoms with Crippen LogP contribution >= 0.6 is 0 Å². The number of aliphatic imine (C=N–C) groups is 2. The summed E-state index contributed by atoms with van der Waals surface area (Å²) in [4.78, 5) is 14.4. The van der Waals surface area contributed by atoms with Crippen molar-refractivity contribution in [3.63, 3.8) is 0 Å². The molecule has 0 aromatic heterocycles. The second-order valence-electron chi connectivity index (χ2n) is 7.78. The van der Waals surface area contributed by atoms with Crippen LogP contribution in [0.2, 0.25) is 0 Å². The fourth-order valence-electron chi connectivity index (χ4n) is 4.19. The Hall–Kier alpha value is -2.38. The molecule has 0 radical (unpaired) electrons. The summed E-state index contributed by atoms with van der Waals surface area (Å²) in [6, 6.07) is 10.9. The Morgan fingerprint density at radius 3 is 2.74 bits per heavy atom. The van der Waals surface area contributed by atoms with Crippen LogP contribution < -0.4 is 10.7 Å². The second-order valence-corrected chi connectivity index (χ2v) is 7.78. The molecule has 1 fully saturated rings. The zero-order chi connectivity index (χ0) is 18.2. The minimum absolute atomic E-state index is 0.331. The first kappa shape index (κ1) is 16.8. The molecule has 1 unspecified atom stereocenters. The number of nitrogens with one attached hydrogen (secondary N) is 2. The molecule has 1 saturated heterocycles.